The number of ketones is 2. The van der Waals surface area contributed by atoms with Crippen LogP contribution in [0.2, 0.25) is 0 Å². The highest BCUT2D eigenvalue weighted by molar-refractivity contribution is 6.51. The molecule has 1 aromatic heterocycles. The number of rotatable bonds is 11. The first kappa shape index (κ1) is 31.9. The summed E-state index contributed by atoms with van der Waals surface area (Å²) in [6.45, 7) is 11.4. The van der Waals surface area contributed by atoms with E-state index in [1.54, 1.807) is 12.1 Å². The lowest BCUT2D eigenvalue weighted by Crippen LogP contribution is -2.16. The standard InChI is InChI=1S/C42H42N2O3/c1-6-8-14-29(7-2)25-44-37-20-19-31(41(45)39(43-47)30-15-10-9-11-16-30)23-34(37)35-24-36(32-17-12-13-18-33(32)40(35)44)42(46)38-27(4)21-26(3)22-28(38)5/h9-13,15-24,29,47H,6-8,14,25H2,1-5H3. The predicted molar refractivity (Wildman–Crippen MR) is 193 cm³/mol. The lowest BCUT2D eigenvalue weighted by molar-refractivity contribution is 0.103. The maximum atomic E-state index is 14.5. The van der Waals surface area contributed by atoms with Gasteiger partial charge in [0.2, 0.25) is 5.78 Å². The van der Waals surface area contributed by atoms with Gasteiger partial charge in [-0.15, -0.1) is 0 Å². The first-order valence-corrected chi connectivity index (χ1v) is 16.7. The first-order chi connectivity index (χ1) is 22.8. The van der Waals surface area contributed by atoms with E-state index in [2.05, 4.69) is 54.8 Å². The summed E-state index contributed by atoms with van der Waals surface area (Å²) in [5.74, 6) is 0.123. The number of oxime groups is 1. The van der Waals surface area contributed by atoms with E-state index in [-0.39, 0.29) is 17.3 Å². The van der Waals surface area contributed by atoms with Crippen LogP contribution in [0.1, 0.15) is 88.1 Å². The topological polar surface area (TPSA) is 71.7 Å². The fourth-order valence-corrected chi connectivity index (χ4v) is 7.30. The molecule has 1 heterocycles. The second-order valence-electron chi connectivity index (χ2n) is 12.9. The van der Waals surface area contributed by atoms with Crippen LogP contribution in [0.5, 0.6) is 0 Å². The van der Waals surface area contributed by atoms with Crippen molar-refractivity contribution in [1.82, 2.24) is 4.57 Å². The Labute approximate surface area is 276 Å². The van der Waals surface area contributed by atoms with E-state index in [9.17, 15) is 14.8 Å². The normalized spacial score (nSPS) is 12.7. The number of aryl methyl sites for hydroxylation is 3. The average Bonchev–Trinajstić information content (AvgIpc) is 3.38. The summed E-state index contributed by atoms with van der Waals surface area (Å²) < 4.78 is 2.40. The smallest absolute Gasteiger partial charge is 0.215 e. The molecule has 5 heteroatoms. The Morgan fingerprint density at radius 1 is 0.766 bits per heavy atom. The molecule has 0 aliphatic carbocycles. The lowest BCUT2D eigenvalue weighted by atomic mass is 9.89. The Bertz CT molecular complexity index is 2150. The number of fused-ring (bicyclic) bond motifs is 5. The monoisotopic (exact) mass is 622 g/mol. The van der Waals surface area contributed by atoms with Crippen molar-refractivity contribution in [2.45, 2.75) is 66.8 Å². The van der Waals surface area contributed by atoms with Gasteiger partial charge in [0.25, 0.3) is 0 Å². The summed E-state index contributed by atoms with van der Waals surface area (Å²) in [5.41, 5.74) is 7.50. The largest absolute Gasteiger partial charge is 0.410 e. The van der Waals surface area contributed by atoms with Gasteiger partial charge in [-0.25, -0.2) is 0 Å². The molecule has 1 atom stereocenters. The van der Waals surface area contributed by atoms with Gasteiger partial charge >= 0.3 is 0 Å². The van der Waals surface area contributed by atoms with Gasteiger partial charge in [0.1, 0.15) is 0 Å². The third-order valence-corrected chi connectivity index (χ3v) is 9.62. The minimum atomic E-state index is -0.362. The van der Waals surface area contributed by atoms with Gasteiger partial charge in [0.05, 0.1) is 5.52 Å². The van der Waals surface area contributed by atoms with E-state index in [0.29, 0.717) is 22.6 Å². The van der Waals surface area contributed by atoms with Crippen LogP contribution in [0.3, 0.4) is 0 Å². The van der Waals surface area contributed by atoms with E-state index < -0.39 is 0 Å². The molecule has 6 rings (SSSR count). The molecule has 0 saturated heterocycles. The Hall–Kier alpha value is -5.03. The molecule has 5 aromatic carbocycles. The van der Waals surface area contributed by atoms with Crippen molar-refractivity contribution in [1.29, 1.82) is 0 Å². The highest BCUT2D eigenvalue weighted by Crippen LogP contribution is 2.39. The molecule has 0 radical (unpaired) electrons. The van der Waals surface area contributed by atoms with Gasteiger partial charge in [-0.1, -0.05) is 111 Å². The van der Waals surface area contributed by atoms with Gasteiger partial charge in [-0.05, 0) is 73.9 Å². The molecule has 238 valence electrons. The number of hydrogen-bond acceptors (Lipinski definition) is 4. The summed E-state index contributed by atoms with van der Waals surface area (Å²) in [6, 6.07) is 29.1. The molecule has 1 N–H and O–H groups in total. The average molecular weight is 623 g/mol. The molecule has 0 fully saturated rings. The molecule has 0 spiro atoms. The van der Waals surface area contributed by atoms with E-state index in [4.69, 9.17) is 0 Å². The number of Topliss-reactive ketones (excluding diaryl/α,β-unsaturated/α-hetero) is 1. The van der Waals surface area contributed by atoms with Crippen LogP contribution in [0, 0.1) is 26.7 Å². The number of unbranched alkanes of at least 4 members (excludes halogenated alkanes) is 1. The van der Waals surface area contributed by atoms with Crippen LogP contribution in [0.25, 0.3) is 32.6 Å². The Kier molecular flexibility index (Phi) is 9.08. The van der Waals surface area contributed by atoms with Gasteiger partial charge in [0.15, 0.2) is 11.5 Å². The van der Waals surface area contributed by atoms with Crippen molar-refractivity contribution < 1.29 is 14.8 Å². The number of nitrogens with zero attached hydrogens (tertiary/aromatic N) is 2. The summed E-state index contributed by atoms with van der Waals surface area (Å²) in [6.07, 6.45) is 4.52. The molecule has 6 aromatic rings. The summed E-state index contributed by atoms with van der Waals surface area (Å²) in [5, 5.41) is 17.1. The van der Waals surface area contributed by atoms with Crippen molar-refractivity contribution >= 4 is 49.9 Å². The number of carbonyl (C=O) groups excluding carboxylic acids is 2. The van der Waals surface area contributed by atoms with Crippen LogP contribution < -0.4 is 0 Å². The zero-order chi connectivity index (χ0) is 33.2. The lowest BCUT2D eigenvalue weighted by Gasteiger charge is -2.19. The molecule has 0 saturated carbocycles. The van der Waals surface area contributed by atoms with Gasteiger partial charge in [-0.3, -0.25) is 9.59 Å². The van der Waals surface area contributed by atoms with Crippen LogP contribution in [0.4, 0.5) is 0 Å². The van der Waals surface area contributed by atoms with E-state index in [1.165, 1.54) is 6.42 Å². The van der Waals surface area contributed by atoms with E-state index in [0.717, 1.165) is 80.6 Å². The third kappa shape index (κ3) is 5.87. The second-order valence-corrected chi connectivity index (χ2v) is 12.9. The molecule has 47 heavy (non-hydrogen) atoms. The minimum absolute atomic E-state index is 0.000566. The highest BCUT2D eigenvalue weighted by Gasteiger charge is 2.25. The molecule has 1 unspecified atom stereocenters. The summed E-state index contributed by atoms with van der Waals surface area (Å²) >= 11 is 0. The maximum absolute atomic E-state index is 14.5. The Morgan fingerprint density at radius 3 is 2.11 bits per heavy atom. The molecule has 5 nitrogen and oxygen atoms in total. The van der Waals surface area contributed by atoms with Crippen LogP contribution >= 0.6 is 0 Å². The van der Waals surface area contributed by atoms with Crippen LogP contribution in [-0.2, 0) is 6.54 Å². The predicted octanol–water partition coefficient (Wildman–Crippen LogP) is 10.4. The van der Waals surface area contributed by atoms with Gasteiger partial charge < -0.3 is 9.77 Å². The molecular formula is C42H42N2O3. The van der Waals surface area contributed by atoms with Crippen LogP contribution in [0.15, 0.2) is 96.2 Å². The number of aromatic nitrogens is 1. The quantitative estimate of drug-likeness (QED) is 0.0676. The fourth-order valence-electron chi connectivity index (χ4n) is 7.30. The fraction of sp³-hybridized carbons (Fsp3) is 0.262. The number of carbonyl (C=O) groups is 2. The van der Waals surface area contributed by atoms with Gasteiger partial charge in [0, 0.05) is 50.5 Å². The van der Waals surface area contributed by atoms with Crippen molar-refractivity contribution in [2.24, 2.45) is 11.1 Å². The highest BCUT2D eigenvalue weighted by atomic mass is 16.4. The summed E-state index contributed by atoms with van der Waals surface area (Å²) in [4.78, 5) is 28.3. The van der Waals surface area contributed by atoms with Crippen molar-refractivity contribution in [3.05, 3.63) is 130 Å². The maximum Gasteiger partial charge on any atom is 0.215 e. The Balaban J connectivity index is 1.63. The van der Waals surface area contributed by atoms with Gasteiger partial charge in [-0.2, -0.15) is 0 Å². The first-order valence-electron chi connectivity index (χ1n) is 16.7. The molecule has 0 aliphatic heterocycles. The van der Waals surface area contributed by atoms with Crippen LogP contribution in [-0.4, -0.2) is 27.1 Å². The third-order valence-electron chi connectivity index (χ3n) is 9.62. The molecular weight excluding hydrogens is 580 g/mol. The van der Waals surface area contributed by atoms with Crippen molar-refractivity contribution in [3.63, 3.8) is 0 Å². The van der Waals surface area contributed by atoms with Crippen molar-refractivity contribution in [2.75, 3.05) is 0 Å². The molecule has 0 aliphatic rings. The van der Waals surface area contributed by atoms with E-state index in [1.807, 2.05) is 68.4 Å². The zero-order valence-electron chi connectivity index (χ0n) is 27.9. The summed E-state index contributed by atoms with van der Waals surface area (Å²) in [7, 11) is 0. The number of benzene rings is 5. The second kappa shape index (κ2) is 13.4. The number of hydrogen-bond donors (Lipinski definition) is 1. The SMILES string of the molecule is CCCCC(CC)Cn1c2ccc(C(=O)C(=NO)c3ccccc3)cc2c2cc(C(=O)c3c(C)cc(C)cc3C)c3ccccc3c21. The van der Waals surface area contributed by atoms with E-state index >= 15 is 0 Å². The molecule has 0 bridgehead atoms. The Morgan fingerprint density at radius 2 is 1.45 bits per heavy atom. The molecule has 0 amide bonds. The minimum Gasteiger partial charge on any atom is -0.410 e. The van der Waals surface area contributed by atoms with Crippen molar-refractivity contribution in [3.8, 4) is 0 Å². The zero-order valence-corrected chi connectivity index (χ0v) is 27.9.